The molecular formula is C12H12BrFN2S. The topological polar surface area (TPSA) is 24.9 Å². The lowest BCUT2D eigenvalue weighted by Gasteiger charge is -2.01. The smallest absolute Gasteiger partial charge is 0.134 e. The first-order valence-corrected chi connectivity index (χ1v) is 6.79. The molecule has 17 heavy (non-hydrogen) atoms. The molecule has 1 aromatic carbocycles. The van der Waals surface area contributed by atoms with Crippen LogP contribution < -0.4 is 5.32 Å². The quantitative estimate of drug-likeness (QED) is 0.933. The van der Waals surface area contributed by atoms with Crippen LogP contribution in [0, 0.1) is 12.7 Å². The molecule has 0 fully saturated rings. The van der Waals surface area contributed by atoms with E-state index < -0.39 is 0 Å². The molecule has 0 spiro atoms. The van der Waals surface area contributed by atoms with Crippen molar-refractivity contribution in [1.82, 2.24) is 10.3 Å². The Morgan fingerprint density at radius 3 is 2.88 bits per heavy atom. The van der Waals surface area contributed by atoms with Crippen LogP contribution in [0.15, 0.2) is 22.7 Å². The third-order valence-corrected chi connectivity index (χ3v) is 4.24. The maximum atomic E-state index is 13.8. The van der Waals surface area contributed by atoms with Crippen LogP contribution in [0.1, 0.15) is 10.6 Å². The predicted molar refractivity (Wildman–Crippen MR) is 72.7 cm³/mol. The van der Waals surface area contributed by atoms with Crippen LogP contribution in [0.4, 0.5) is 4.39 Å². The number of aryl methyl sites for hydroxylation is 1. The van der Waals surface area contributed by atoms with Crippen LogP contribution in [0.5, 0.6) is 0 Å². The lowest BCUT2D eigenvalue weighted by Crippen LogP contribution is -2.04. The van der Waals surface area contributed by atoms with Gasteiger partial charge in [-0.1, -0.05) is 6.07 Å². The Balaban J connectivity index is 2.50. The Morgan fingerprint density at radius 2 is 2.24 bits per heavy atom. The Hall–Kier alpha value is -0.780. The van der Waals surface area contributed by atoms with Crippen LogP contribution in [0.25, 0.3) is 10.6 Å². The van der Waals surface area contributed by atoms with Gasteiger partial charge < -0.3 is 5.32 Å². The van der Waals surface area contributed by atoms with E-state index in [0.717, 1.165) is 26.6 Å². The molecule has 0 bridgehead atoms. The second-order valence-corrected chi connectivity index (χ2v) is 5.59. The van der Waals surface area contributed by atoms with Crippen LogP contribution in [0.3, 0.4) is 0 Å². The molecule has 2 aromatic rings. The first kappa shape index (κ1) is 12.7. The van der Waals surface area contributed by atoms with Crippen LogP contribution in [-0.4, -0.2) is 12.0 Å². The number of hydrogen-bond donors (Lipinski definition) is 1. The molecule has 2 rings (SSSR count). The molecule has 0 aliphatic heterocycles. The fourth-order valence-corrected chi connectivity index (χ4v) is 3.36. The van der Waals surface area contributed by atoms with Crippen LogP contribution >= 0.6 is 27.3 Å². The number of hydrogen-bond acceptors (Lipinski definition) is 3. The molecule has 1 heterocycles. The van der Waals surface area contributed by atoms with E-state index in [-0.39, 0.29) is 5.82 Å². The van der Waals surface area contributed by atoms with Gasteiger partial charge >= 0.3 is 0 Å². The highest BCUT2D eigenvalue weighted by atomic mass is 79.9. The van der Waals surface area contributed by atoms with Crippen LogP contribution in [0.2, 0.25) is 0 Å². The molecular weight excluding hydrogens is 303 g/mol. The lowest BCUT2D eigenvalue weighted by molar-refractivity contribution is 0.630. The summed E-state index contributed by atoms with van der Waals surface area (Å²) in [5, 5.41) is 3.80. The van der Waals surface area contributed by atoms with Gasteiger partial charge in [0.25, 0.3) is 0 Å². The highest BCUT2D eigenvalue weighted by molar-refractivity contribution is 9.10. The zero-order valence-corrected chi connectivity index (χ0v) is 12.0. The summed E-state index contributed by atoms with van der Waals surface area (Å²) in [7, 11) is 1.89. The van der Waals surface area contributed by atoms with E-state index in [9.17, 15) is 4.39 Å². The number of nitrogens with one attached hydrogen (secondary N) is 1. The molecule has 2 nitrogen and oxygen atoms in total. The normalized spacial score (nSPS) is 10.8. The van der Waals surface area contributed by atoms with E-state index in [2.05, 4.69) is 26.2 Å². The van der Waals surface area contributed by atoms with Crippen molar-refractivity contribution in [3.63, 3.8) is 0 Å². The Bertz CT molecular complexity index is 519. The number of thiazole rings is 1. The van der Waals surface area contributed by atoms with Gasteiger partial charge in [0.2, 0.25) is 0 Å². The van der Waals surface area contributed by atoms with E-state index >= 15 is 0 Å². The molecule has 0 saturated heterocycles. The van der Waals surface area contributed by atoms with Gasteiger partial charge in [-0.05, 0) is 42.0 Å². The van der Waals surface area contributed by atoms with Gasteiger partial charge in [-0.2, -0.15) is 0 Å². The average molecular weight is 315 g/mol. The summed E-state index contributed by atoms with van der Waals surface area (Å²) in [4.78, 5) is 5.57. The number of benzene rings is 1. The van der Waals surface area contributed by atoms with Gasteiger partial charge in [0.05, 0.1) is 11.3 Å². The fraction of sp³-hybridized carbons (Fsp3) is 0.250. The summed E-state index contributed by atoms with van der Waals surface area (Å²) in [5.41, 5.74) is 1.50. The maximum Gasteiger partial charge on any atom is 0.134 e. The van der Waals surface area contributed by atoms with E-state index in [0.29, 0.717) is 5.56 Å². The number of aromatic nitrogens is 1. The third-order valence-electron chi connectivity index (χ3n) is 2.41. The molecule has 0 amide bonds. The molecule has 1 aromatic heterocycles. The highest BCUT2D eigenvalue weighted by Gasteiger charge is 2.15. The lowest BCUT2D eigenvalue weighted by atomic mass is 10.2. The van der Waals surface area contributed by atoms with Crippen molar-refractivity contribution in [2.24, 2.45) is 0 Å². The molecule has 0 atom stereocenters. The molecule has 0 saturated carbocycles. The average Bonchev–Trinajstić information content (AvgIpc) is 2.60. The van der Waals surface area contributed by atoms with E-state index in [1.165, 1.54) is 17.4 Å². The number of nitrogens with zero attached hydrogens (tertiary/aromatic N) is 1. The third kappa shape index (κ3) is 2.56. The Labute approximate surface area is 112 Å². The van der Waals surface area contributed by atoms with Gasteiger partial charge in [-0.15, -0.1) is 11.3 Å². The second-order valence-electron chi connectivity index (χ2n) is 3.65. The van der Waals surface area contributed by atoms with Crippen molar-refractivity contribution < 1.29 is 4.39 Å². The summed E-state index contributed by atoms with van der Waals surface area (Å²) < 4.78 is 14.5. The SMILES string of the molecule is CNCc1sc(-c2c(F)cccc2Br)nc1C. The van der Waals surface area contributed by atoms with Crippen molar-refractivity contribution >= 4 is 27.3 Å². The molecule has 0 unspecified atom stereocenters. The minimum atomic E-state index is -0.246. The van der Waals surface area contributed by atoms with Crippen molar-refractivity contribution in [2.45, 2.75) is 13.5 Å². The minimum absolute atomic E-state index is 0.246. The fourth-order valence-electron chi connectivity index (χ4n) is 1.56. The van der Waals surface area contributed by atoms with Crippen LogP contribution in [-0.2, 0) is 6.54 Å². The highest BCUT2D eigenvalue weighted by Crippen LogP contribution is 2.34. The molecule has 90 valence electrons. The minimum Gasteiger partial charge on any atom is -0.315 e. The van der Waals surface area contributed by atoms with Crippen molar-refractivity contribution in [3.8, 4) is 10.6 Å². The largest absolute Gasteiger partial charge is 0.315 e. The molecule has 0 radical (unpaired) electrons. The first-order chi connectivity index (χ1) is 8.13. The van der Waals surface area contributed by atoms with Gasteiger partial charge in [0.15, 0.2) is 0 Å². The molecule has 0 aliphatic rings. The second kappa shape index (κ2) is 5.25. The zero-order chi connectivity index (χ0) is 12.4. The first-order valence-electron chi connectivity index (χ1n) is 5.18. The maximum absolute atomic E-state index is 13.8. The predicted octanol–water partition coefficient (Wildman–Crippen LogP) is 3.74. The summed E-state index contributed by atoms with van der Waals surface area (Å²) in [5.74, 6) is -0.246. The summed E-state index contributed by atoms with van der Waals surface area (Å²) in [6.07, 6.45) is 0. The van der Waals surface area contributed by atoms with Crippen molar-refractivity contribution in [1.29, 1.82) is 0 Å². The Kier molecular flexibility index (Phi) is 3.91. The summed E-state index contributed by atoms with van der Waals surface area (Å²) in [6.45, 7) is 2.71. The van der Waals surface area contributed by atoms with Gasteiger partial charge in [-0.3, -0.25) is 0 Å². The Morgan fingerprint density at radius 1 is 1.47 bits per heavy atom. The van der Waals surface area contributed by atoms with Gasteiger partial charge in [0.1, 0.15) is 10.8 Å². The number of halogens is 2. The molecule has 0 aliphatic carbocycles. The van der Waals surface area contributed by atoms with E-state index in [1.807, 2.05) is 20.0 Å². The van der Waals surface area contributed by atoms with Crippen molar-refractivity contribution in [2.75, 3.05) is 7.05 Å². The monoisotopic (exact) mass is 314 g/mol. The zero-order valence-electron chi connectivity index (χ0n) is 9.55. The van der Waals surface area contributed by atoms with Gasteiger partial charge in [-0.25, -0.2) is 9.37 Å². The standard InChI is InChI=1S/C12H12BrFN2S/c1-7-10(6-15-2)17-12(16-7)11-8(13)4-3-5-9(11)14/h3-5,15H,6H2,1-2H3. The van der Waals surface area contributed by atoms with Gasteiger partial charge in [0, 0.05) is 15.9 Å². The number of rotatable bonds is 3. The molecule has 1 N–H and O–H groups in total. The van der Waals surface area contributed by atoms with E-state index in [4.69, 9.17) is 0 Å². The summed E-state index contributed by atoms with van der Waals surface area (Å²) in [6, 6.07) is 4.96. The summed E-state index contributed by atoms with van der Waals surface area (Å²) >= 11 is 4.89. The van der Waals surface area contributed by atoms with Crippen molar-refractivity contribution in [3.05, 3.63) is 39.1 Å². The molecule has 5 heteroatoms. The van der Waals surface area contributed by atoms with E-state index in [1.54, 1.807) is 6.07 Å².